The van der Waals surface area contributed by atoms with Crippen LogP contribution in [0.4, 0.5) is 0 Å². The Balaban J connectivity index is -0.000000177. The topological polar surface area (TPSA) is 131 Å². The Morgan fingerprint density at radius 1 is 1.07 bits per heavy atom. The van der Waals surface area contributed by atoms with E-state index in [1.807, 2.05) is 0 Å². The Hall–Kier alpha value is 1.01. The molecule has 0 aliphatic rings. The minimum absolute atomic E-state index is 0. The Labute approximate surface area is 106 Å². The fourth-order valence-corrected chi connectivity index (χ4v) is 0.309. The Bertz CT molecular complexity index is 86.6. The number of aliphatic hydroxyl groups excluding tert-OH is 1. The maximum absolute atomic E-state index is 8.49. The van der Waals surface area contributed by atoms with E-state index in [1.165, 1.54) is 0 Å². The molecule has 0 aromatic carbocycles. The van der Waals surface area contributed by atoms with Gasteiger partial charge in [0.15, 0.2) is 0 Å². The van der Waals surface area contributed by atoms with Gasteiger partial charge in [0.1, 0.15) is 0 Å². The summed E-state index contributed by atoms with van der Waals surface area (Å²) in [6.45, 7) is 1.66. The standard InChI is InChI=1S/C5H12O3.ClHO4.Na/c1-7-4-5-8-3-2-6;2-1(3,4)5;/h6H,2-5H2,1H3;(H,2,3,4,5);/q;;+1/p-1. The molecule has 1 N–H and O–H groups in total. The maximum Gasteiger partial charge on any atom is 1.00 e. The maximum atomic E-state index is 8.49. The molecule has 0 aliphatic heterocycles. The van der Waals surface area contributed by atoms with Crippen LogP contribution in [0.2, 0.25) is 0 Å². The molecular formula is C5H12ClNaO7. The van der Waals surface area contributed by atoms with Gasteiger partial charge in [0, 0.05) is 7.11 Å². The molecular weight excluding hydrogens is 230 g/mol. The van der Waals surface area contributed by atoms with Gasteiger partial charge < -0.3 is 14.6 Å². The third-order valence-electron chi connectivity index (χ3n) is 0.667. The molecule has 0 heterocycles. The average molecular weight is 243 g/mol. The van der Waals surface area contributed by atoms with Crippen LogP contribution in [0.1, 0.15) is 0 Å². The van der Waals surface area contributed by atoms with E-state index in [0.29, 0.717) is 19.8 Å². The molecule has 0 aromatic heterocycles. The molecule has 9 heteroatoms. The molecule has 0 saturated heterocycles. The zero-order valence-corrected chi connectivity index (χ0v) is 10.9. The second kappa shape index (κ2) is 14.0. The summed E-state index contributed by atoms with van der Waals surface area (Å²) in [5.41, 5.74) is 0. The average Bonchev–Trinajstić information content (AvgIpc) is 1.95. The number of hydrogen-bond donors (Lipinski definition) is 1. The van der Waals surface area contributed by atoms with E-state index in [1.54, 1.807) is 7.11 Å². The summed E-state index contributed by atoms with van der Waals surface area (Å²) in [5.74, 6) is 0. The van der Waals surface area contributed by atoms with Gasteiger partial charge in [0.05, 0.1) is 26.4 Å². The van der Waals surface area contributed by atoms with Crippen molar-refractivity contribution in [2.24, 2.45) is 0 Å². The summed E-state index contributed by atoms with van der Waals surface area (Å²) in [4.78, 5) is 0. The molecule has 0 saturated carbocycles. The monoisotopic (exact) mass is 242 g/mol. The van der Waals surface area contributed by atoms with E-state index in [4.69, 9.17) is 28.5 Å². The number of methoxy groups -OCH3 is 1. The van der Waals surface area contributed by atoms with Crippen molar-refractivity contribution in [2.75, 3.05) is 33.5 Å². The first-order chi connectivity index (χ1) is 5.91. The van der Waals surface area contributed by atoms with E-state index < -0.39 is 10.2 Å². The normalized spacial score (nSPS) is 9.86. The number of rotatable bonds is 5. The van der Waals surface area contributed by atoms with E-state index in [2.05, 4.69) is 4.74 Å². The number of halogens is 1. The summed E-state index contributed by atoms with van der Waals surface area (Å²) >= 11 is 0. The van der Waals surface area contributed by atoms with Crippen molar-refractivity contribution in [1.82, 2.24) is 0 Å². The minimum atomic E-state index is -4.94. The molecule has 82 valence electrons. The summed E-state index contributed by atoms with van der Waals surface area (Å²) in [5, 5.41) is 8.20. The van der Waals surface area contributed by atoms with Gasteiger partial charge in [-0.2, -0.15) is 0 Å². The zero-order chi connectivity index (χ0) is 10.7. The predicted octanol–water partition coefficient (Wildman–Crippen LogP) is -8.11. The SMILES string of the molecule is COCCOCCO.[Na+].[O-][Cl+3]([O-])([O-])[O-]. The van der Waals surface area contributed by atoms with Crippen LogP contribution < -0.4 is 48.2 Å². The van der Waals surface area contributed by atoms with Crippen LogP contribution in [-0.2, 0) is 9.47 Å². The van der Waals surface area contributed by atoms with Crippen LogP contribution in [0.5, 0.6) is 0 Å². The molecule has 0 rings (SSSR count). The first-order valence-corrected chi connectivity index (χ1v) is 4.44. The summed E-state index contributed by atoms with van der Waals surface area (Å²) in [6, 6.07) is 0. The first kappa shape index (κ1) is 20.4. The van der Waals surface area contributed by atoms with Gasteiger partial charge in [-0.1, -0.05) is 0 Å². The molecule has 0 unspecified atom stereocenters. The summed E-state index contributed by atoms with van der Waals surface area (Å²) in [7, 11) is -3.33. The quantitative estimate of drug-likeness (QED) is 0.374. The van der Waals surface area contributed by atoms with Crippen LogP contribution in [0.25, 0.3) is 0 Å². The van der Waals surface area contributed by atoms with Gasteiger partial charge >= 0.3 is 29.6 Å². The molecule has 0 fully saturated rings. The van der Waals surface area contributed by atoms with Crippen LogP contribution >= 0.6 is 0 Å². The predicted molar refractivity (Wildman–Crippen MR) is 29.8 cm³/mol. The van der Waals surface area contributed by atoms with E-state index in [0.717, 1.165) is 0 Å². The summed E-state index contributed by atoms with van der Waals surface area (Å²) in [6.07, 6.45) is 0. The molecule has 7 nitrogen and oxygen atoms in total. The third kappa shape index (κ3) is 52.0. The fraction of sp³-hybridized carbons (Fsp3) is 1.00. The summed E-state index contributed by atoms with van der Waals surface area (Å²) < 4.78 is 43.5. The van der Waals surface area contributed by atoms with Crippen molar-refractivity contribution in [1.29, 1.82) is 0 Å². The smallest absolute Gasteiger partial charge is 0.394 e. The third-order valence-corrected chi connectivity index (χ3v) is 0.667. The molecule has 14 heavy (non-hydrogen) atoms. The molecule has 0 aliphatic carbocycles. The molecule has 0 radical (unpaired) electrons. The largest absolute Gasteiger partial charge is 1.00 e. The van der Waals surface area contributed by atoms with E-state index in [9.17, 15) is 0 Å². The Morgan fingerprint density at radius 3 is 1.79 bits per heavy atom. The van der Waals surface area contributed by atoms with Crippen molar-refractivity contribution in [3.63, 3.8) is 0 Å². The Kier molecular flexibility index (Phi) is 20.4. The van der Waals surface area contributed by atoms with Gasteiger partial charge in [-0.3, -0.25) is 0 Å². The minimum Gasteiger partial charge on any atom is -0.394 e. The van der Waals surface area contributed by atoms with Crippen LogP contribution in [0.15, 0.2) is 0 Å². The van der Waals surface area contributed by atoms with Crippen LogP contribution in [0.3, 0.4) is 0 Å². The second-order valence-electron chi connectivity index (χ2n) is 1.71. The van der Waals surface area contributed by atoms with Crippen molar-refractivity contribution >= 4 is 0 Å². The van der Waals surface area contributed by atoms with Gasteiger partial charge in [0.25, 0.3) is 0 Å². The second-order valence-corrected chi connectivity index (χ2v) is 2.46. The number of ether oxygens (including phenoxy) is 2. The van der Waals surface area contributed by atoms with Crippen molar-refractivity contribution in [3.05, 3.63) is 0 Å². The molecule has 0 bridgehead atoms. The number of aliphatic hydroxyl groups is 1. The Morgan fingerprint density at radius 2 is 1.50 bits per heavy atom. The van der Waals surface area contributed by atoms with Crippen LogP contribution in [-0.4, -0.2) is 38.6 Å². The molecule has 0 spiro atoms. The fourth-order valence-electron chi connectivity index (χ4n) is 0.309. The molecule has 0 aromatic rings. The van der Waals surface area contributed by atoms with Gasteiger partial charge in [0.2, 0.25) is 0 Å². The van der Waals surface area contributed by atoms with E-state index in [-0.39, 0.29) is 36.2 Å². The van der Waals surface area contributed by atoms with Gasteiger partial charge in [-0.15, -0.1) is 10.2 Å². The van der Waals surface area contributed by atoms with Crippen molar-refractivity contribution in [3.8, 4) is 0 Å². The molecule has 0 amide bonds. The van der Waals surface area contributed by atoms with E-state index >= 15 is 0 Å². The van der Waals surface area contributed by atoms with Gasteiger partial charge in [-0.05, 0) is 0 Å². The van der Waals surface area contributed by atoms with Crippen molar-refractivity contribution < 1.29 is 73.0 Å². The zero-order valence-electron chi connectivity index (χ0n) is 8.10. The first-order valence-electron chi connectivity index (χ1n) is 3.21. The molecule has 0 atom stereocenters. The van der Waals surface area contributed by atoms with Crippen molar-refractivity contribution in [2.45, 2.75) is 0 Å². The van der Waals surface area contributed by atoms with Crippen LogP contribution in [0, 0.1) is 10.2 Å². The number of hydrogen-bond acceptors (Lipinski definition) is 7. The van der Waals surface area contributed by atoms with Gasteiger partial charge in [-0.25, -0.2) is 18.6 Å².